The first kappa shape index (κ1) is 14.0. The topological polar surface area (TPSA) is 74.7 Å². The monoisotopic (exact) mass is 283 g/mol. The largest absolute Gasteiger partial charge is 0.481 e. The van der Waals surface area contributed by atoms with Gasteiger partial charge in [0.15, 0.2) is 0 Å². The van der Waals surface area contributed by atoms with E-state index in [1.165, 1.54) is 16.4 Å². The van der Waals surface area contributed by atoms with Gasteiger partial charge in [-0.2, -0.15) is 4.31 Å². The molecule has 19 heavy (non-hydrogen) atoms. The van der Waals surface area contributed by atoms with Gasteiger partial charge in [0.05, 0.1) is 10.8 Å². The normalized spacial score (nSPS) is 25.1. The number of hydrogen-bond donors (Lipinski definition) is 1. The molecule has 0 aliphatic carbocycles. The van der Waals surface area contributed by atoms with Crippen LogP contribution in [0.1, 0.15) is 19.8 Å². The lowest BCUT2D eigenvalue weighted by Crippen LogP contribution is -2.47. The van der Waals surface area contributed by atoms with E-state index < -0.39 is 21.9 Å². The van der Waals surface area contributed by atoms with Crippen molar-refractivity contribution in [2.24, 2.45) is 5.92 Å². The summed E-state index contributed by atoms with van der Waals surface area (Å²) in [5.74, 6) is -1.55. The standard InChI is InChI=1S/C13H17NO4S/c1-10-7-8-11(13(15)16)9-14(10)19(17,18)12-5-3-2-4-6-12/h2-6,10-11H,7-9H2,1H3,(H,15,16). The van der Waals surface area contributed by atoms with Gasteiger partial charge in [-0.05, 0) is 31.9 Å². The smallest absolute Gasteiger partial charge is 0.307 e. The van der Waals surface area contributed by atoms with Crippen molar-refractivity contribution < 1.29 is 18.3 Å². The third-order valence-electron chi connectivity index (χ3n) is 3.52. The highest BCUT2D eigenvalue weighted by Gasteiger charge is 2.37. The van der Waals surface area contributed by atoms with Gasteiger partial charge < -0.3 is 5.11 Å². The Morgan fingerprint density at radius 3 is 2.47 bits per heavy atom. The SMILES string of the molecule is CC1CCC(C(=O)O)CN1S(=O)(=O)c1ccccc1. The van der Waals surface area contributed by atoms with E-state index in [1.54, 1.807) is 18.2 Å². The number of carboxylic acids is 1. The molecule has 1 saturated heterocycles. The number of nitrogens with zero attached hydrogens (tertiary/aromatic N) is 1. The zero-order valence-electron chi connectivity index (χ0n) is 10.7. The Morgan fingerprint density at radius 2 is 1.89 bits per heavy atom. The van der Waals surface area contributed by atoms with Gasteiger partial charge in [0.25, 0.3) is 0 Å². The van der Waals surface area contributed by atoms with Gasteiger partial charge in [-0.15, -0.1) is 0 Å². The van der Waals surface area contributed by atoms with Crippen LogP contribution in [-0.2, 0) is 14.8 Å². The van der Waals surface area contributed by atoms with Crippen LogP contribution in [0.2, 0.25) is 0 Å². The van der Waals surface area contributed by atoms with Crippen LogP contribution in [0.25, 0.3) is 0 Å². The van der Waals surface area contributed by atoms with Crippen molar-refractivity contribution >= 4 is 16.0 Å². The molecule has 6 heteroatoms. The predicted molar refractivity (Wildman–Crippen MR) is 70.2 cm³/mol. The van der Waals surface area contributed by atoms with E-state index in [1.807, 2.05) is 6.92 Å². The molecule has 5 nitrogen and oxygen atoms in total. The maximum atomic E-state index is 12.5. The van der Waals surface area contributed by atoms with E-state index in [2.05, 4.69) is 0 Å². The van der Waals surface area contributed by atoms with Crippen molar-refractivity contribution in [2.45, 2.75) is 30.7 Å². The van der Waals surface area contributed by atoms with E-state index >= 15 is 0 Å². The Labute approximate surface area is 112 Å². The fraction of sp³-hybridized carbons (Fsp3) is 0.462. The van der Waals surface area contributed by atoms with Crippen molar-refractivity contribution in [3.05, 3.63) is 30.3 Å². The number of rotatable bonds is 3. The third kappa shape index (κ3) is 2.79. The molecule has 0 saturated carbocycles. The average Bonchev–Trinajstić information content (AvgIpc) is 2.39. The van der Waals surface area contributed by atoms with Gasteiger partial charge in [0, 0.05) is 12.6 Å². The first-order valence-corrected chi connectivity index (χ1v) is 7.66. The van der Waals surface area contributed by atoms with Crippen LogP contribution < -0.4 is 0 Å². The molecule has 0 amide bonds. The zero-order valence-corrected chi connectivity index (χ0v) is 11.5. The van der Waals surface area contributed by atoms with Crippen molar-refractivity contribution in [2.75, 3.05) is 6.54 Å². The number of hydrogen-bond acceptors (Lipinski definition) is 3. The number of aliphatic carboxylic acids is 1. The number of carboxylic acid groups (broad SMARTS) is 1. The Kier molecular flexibility index (Phi) is 3.91. The van der Waals surface area contributed by atoms with Gasteiger partial charge in [0.1, 0.15) is 0 Å². The minimum Gasteiger partial charge on any atom is -0.481 e. The summed E-state index contributed by atoms with van der Waals surface area (Å²) in [4.78, 5) is 11.3. The van der Waals surface area contributed by atoms with E-state index in [9.17, 15) is 13.2 Å². The quantitative estimate of drug-likeness (QED) is 0.913. The highest BCUT2D eigenvalue weighted by Crippen LogP contribution is 2.28. The summed E-state index contributed by atoms with van der Waals surface area (Å²) in [6.07, 6.45) is 1.10. The molecule has 1 aromatic rings. The second-order valence-electron chi connectivity index (χ2n) is 4.85. The molecular formula is C13H17NO4S. The molecule has 2 atom stereocenters. The van der Waals surface area contributed by atoms with Crippen LogP contribution in [0.5, 0.6) is 0 Å². The van der Waals surface area contributed by atoms with E-state index in [0.29, 0.717) is 12.8 Å². The molecule has 0 spiro atoms. The predicted octanol–water partition coefficient (Wildman–Crippen LogP) is 1.56. The summed E-state index contributed by atoms with van der Waals surface area (Å²) in [7, 11) is -3.61. The summed E-state index contributed by atoms with van der Waals surface area (Å²) < 4.78 is 26.3. The Hall–Kier alpha value is -1.40. The number of carbonyl (C=O) groups is 1. The molecule has 104 valence electrons. The second kappa shape index (κ2) is 5.30. The molecule has 2 rings (SSSR count). The van der Waals surface area contributed by atoms with Gasteiger partial charge in [-0.25, -0.2) is 8.42 Å². The average molecular weight is 283 g/mol. The number of sulfonamides is 1. The lowest BCUT2D eigenvalue weighted by Gasteiger charge is -2.35. The fourth-order valence-corrected chi connectivity index (χ4v) is 4.07. The fourth-order valence-electron chi connectivity index (χ4n) is 2.34. The Bertz CT molecular complexity index is 555. The molecule has 1 N–H and O–H groups in total. The molecule has 1 fully saturated rings. The van der Waals surface area contributed by atoms with E-state index in [0.717, 1.165) is 0 Å². The lowest BCUT2D eigenvalue weighted by molar-refractivity contribution is -0.143. The third-order valence-corrected chi connectivity index (χ3v) is 5.52. The summed E-state index contributed by atoms with van der Waals surface area (Å²) in [6, 6.07) is 7.98. The highest BCUT2D eigenvalue weighted by atomic mass is 32.2. The molecule has 0 bridgehead atoms. The summed E-state index contributed by atoms with van der Waals surface area (Å²) in [5, 5.41) is 9.06. The molecule has 1 aliphatic heterocycles. The number of piperidine rings is 1. The van der Waals surface area contributed by atoms with E-state index in [-0.39, 0.29) is 17.5 Å². The zero-order chi connectivity index (χ0) is 14.0. The molecule has 1 aliphatic rings. The molecule has 1 heterocycles. The van der Waals surface area contributed by atoms with Crippen LogP contribution in [0, 0.1) is 5.92 Å². The molecule has 0 aromatic heterocycles. The minimum atomic E-state index is -3.61. The van der Waals surface area contributed by atoms with Crippen LogP contribution in [0.4, 0.5) is 0 Å². The van der Waals surface area contributed by atoms with Crippen molar-refractivity contribution in [3.8, 4) is 0 Å². The minimum absolute atomic E-state index is 0.0493. The number of benzene rings is 1. The Balaban J connectivity index is 2.31. The Morgan fingerprint density at radius 1 is 1.26 bits per heavy atom. The van der Waals surface area contributed by atoms with Crippen LogP contribution >= 0.6 is 0 Å². The first-order chi connectivity index (χ1) is 8.93. The van der Waals surface area contributed by atoms with Crippen LogP contribution in [0.3, 0.4) is 0 Å². The summed E-state index contributed by atoms with van der Waals surface area (Å²) >= 11 is 0. The molecule has 1 aromatic carbocycles. The van der Waals surface area contributed by atoms with Crippen molar-refractivity contribution in [3.63, 3.8) is 0 Å². The van der Waals surface area contributed by atoms with Gasteiger partial charge >= 0.3 is 5.97 Å². The molecule has 0 radical (unpaired) electrons. The maximum absolute atomic E-state index is 12.5. The second-order valence-corrected chi connectivity index (χ2v) is 6.74. The summed E-state index contributed by atoms with van der Waals surface area (Å²) in [5.41, 5.74) is 0. The van der Waals surface area contributed by atoms with Crippen molar-refractivity contribution in [1.29, 1.82) is 0 Å². The first-order valence-electron chi connectivity index (χ1n) is 6.22. The van der Waals surface area contributed by atoms with E-state index in [4.69, 9.17) is 5.11 Å². The highest BCUT2D eigenvalue weighted by molar-refractivity contribution is 7.89. The van der Waals surface area contributed by atoms with Crippen LogP contribution in [0.15, 0.2) is 35.2 Å². The van der Waals surface area contributed by atoms with Gasteiger partial charge in [-0.1, -0.05) is 18.2 Å². The lowest BCUT2D eigenvalue weighted by atomic mass is 9.96. The van der Waals surface area contributed by atoms with Gasteiger partial charge in [0.2, 0.25) is 10.0 Å². The van der Waals surface area contributed by atoms with Gasteiger partial charge in [-0.3, -0.25) is 4.79 Å². The molecule has 2 unspecified atom stereocenters. The van der Waals surface area contributed by atoms with Crippen LogP contribution in [-0.4, -0.2) is 36.4 Å². The van der Waals surface area contributed by atoms with Crippen molar-refractivity contribution in [1.82, 2.24) is 4.31 Å². The maximum Gasteiger partial charge on any atom is 0.307 e. The summed E-state index contributed by atoms with van der Waals surface area (Å²) in [6.45, 7) is 1.87. The molecular weight excluding hydrogens is 266 g/mol.